The molecule has 0 aromatic rings. The van der Waals surface area contributed by atoms with Crippen molar-refractivity contribution in [2.75, 3.05) is 0 Å². The van der Waals surface area contributed by atoms with Gasteiger partial charge in [0.25, 0.3) is 5.91 Å². The van der Waals surface area contributed by atoms with Gasteiger partial charge in [-0.3, -0.25) is 14.6 Å². The topological polar surface area (TPSA) is 78.8 Å². The van der Waals surface area contributed by atoms with E-state index >= 15 is 0 Å². The molecule has 3 unspecified atom stereocenters. The molecule has 2 aliphatic rings. The number of amides is 1. The summed E-state index contributed by atoms with van der Waals surface area (Å²) in [6.45, 7) is 0. The summed E-state index contributed by atoms with van der Waals surface area (Å²) in [5.41, 5.74) is 0. The lowest BCUT2D eigenvalue weighted by molar-refractivity contribution is -0.143. The van der Waals surface area contributed by atoms with Crippen LogP contribution < -0.4 is 5.32 Å². The van der Waals surface area contributed by atoms with Crippen LogP contribution in [0, 0.1) is 5.92 Å². The Morgan fingerprint density at radius 1 is 1.57 bits per heavy atom. The molecule has 1 amide bonds. The Hall–Kier alpha value is -1.39. The normalized spacial score (nSPS) is 36.0. The molecule has 1 heterocycles. The molecule has 2 rings (SSSR count). The summed E-state index contributed by atoms with van der Waals surface area (Å²) in [5.74, 6) is -1.31. The number of carboxylic acid groups (broad SMARTS) is 1. The van der Waals surface area contributed by atoms with Crippen LogP contribution in [0.4, 0.5) is 0 Å². The first kappa shape index (κ1) is 9.18. The molecule has 1 fully saturated rings. The summed E-state index contributed by atoms with van der Waals surface area (Å²) in [6.07, 6.45) is 3.20. The number of fused-ring (bicyclic) bond motifs is 1. The summed E-state index contributed by atoms with van der Waals surface area (Å²) < 4.78 is 0. The molecule has 0 aromatic carbocycles. The standard InChI is InChI=1S/C9H12N2O3/c12-8-4-10-6-2-1-5(9(13)14)3-7(6)11-8/h4-7H,1-3H2,(H,11,12)(H,13,14). The molecule has 1 aliphatic carbocycles. The van der Waals surface area contributed by atoms with Gasteiger partial charge in [0.15, 0.2) is 0 Å². The number of carbonyl (C=O) groups excluding carboxylic acids is 1. The van der Waals surface area contributed by atoms with Crippen LogP contribution in [0.1, 0.15) is 19.3 Å². The van der Waals surface area contributed by atoms with Crippen LogP contribution >= 0.6 is 0 Å². The van der Waals surface area contributed by atoms with Gasteiger partial charge in [0.05, 0.1) is 24.2 Å². The number of carbonyl (C=O) groups is 2. The van der Waals surface area contributed by atoms with E-state index in [9.17, 15) is 9.59 Å². The molecular formula is C9H12N2O3. The molecule has 1 aliphatic heterocycles. The molecular weight excluding hydrogens is 184 g/mol. The van der Waals surface area contributed by atoms with Crippen molar-refractivity contribution in [3.63, 3.8) is 0 Å². The van der Waals surface area contributed by atoms with E-state index in [1.54, 1.807) is 0 Å². The zero-order valence-corrected chi connectivity index (χ0v) is 7.64. The highest BCUT2D eigenvalue weighted by atomic mass is 16.4. The highest BCUT2D eigenvalue weighted by molar-refractivity contribution is 6.26. The highest BCUT2D eigenvalue weighted by Gasteiger charge is 2.35. The van der Waals surface area contributed by atoms with Gasteiger partial charge in [0.2, 0.25) is 0 Å². The Bertz CT molecular complexity index is 300. The van der Waals surface area contributed by atoms with E-state index in [4.69, 9.17) is 5.11 Å². The lowest BCUT2D eigenvalue weighted by Crippen LogP contribution is -2.50. The predicted octanol–water partition coefficient (Wildman–Crippen LogP) is -0.191. The molecule has 14 heavy (non-hydrogen) atoms. The zero-order chi connectivity index (χ0) is 10.1. The number of nitrogens with zero attached hydrogens (tertiary/aromatic N) is 1. The maximum atomic E-state index is 11.0. The Morgan fingerprint density at radius 2 is 2.36 bits per heavy atom. The van der Waals surface area contributed by atoms with E-state index in [1.807, 2.05) is 0 Å². The maximum Gasteiger partial charge on any atom is 0.306 e. The number of hydrogen-bond donors (Lipinski definition) is 2. The van der Waals surface area contributed by atoms with Crippen LogP contribution in [0.2, 0.25) is 0 Å². The van der Waals surface area contributed by atoms with Crippen molar-refractivity contribution < 1.29 is 14.7 Å². The number of aliphatic carboxylic acids is 1. The maximum absolute atomic E-state index is 11.0. The lowest BCUT2D eigenvalue weighted by Gasteiger charge is -2.34. The minimum Gasteiger partial charge on any atom is -0.481 e. The van der Waals surface area contributed by atoms with Gasteiger partial charge in [-0.25, -0.2) is 0 Å². The largest absolute Gasteiger partial charge is 0.481 e. The smallest absolute Gasteiger partial charge is 0.306 e. The van der Waals surface area contributed by atoms with Gasteiger partial charge in [0.1, 0.15) is 0 Å². The zero-order valence-electron chi connectivity index (χ0n) is 7.64. The van der Waals surface area contributed by atoms with Crippen molar-refractivity contribution >= 4 is 18.1 Å². The van der Waals surface area contributed by atoms with E-state index in [1.165, 1.54) is 6.21 Å². The Kier molecular flexibility index (Phi) is 2.23. The summed E-state index contributed by atoms with van der Waals surface area (Å²) in [5, 5.41) is 11.6. The Balaban J connectivity index is 2.06. The van der Waals surface area contributed by atoms with E-state index in [2.05, 4.69) is 10.3 Å². The van der Waals surface area contributed by atoms with Gasteiger partial charge in [-0.05, 0) is 19.3 Å². The fraction of sp³-hybridized carbons (Fsp3) is 0.667. The average molecular weight is 196 g/mol. The molecule has 1 saturated carbocycles. The van der Waals surface area contributed by atoms with E-state index < -0.39 is 5.97 Å². The summed E-state index contributed by atoms with van der Waals surface area (Å²) in [6, 6.07) is 0.00523. The first-order valence-corrected chi connectivity index (χ1v) is 4.73. The van der Waals surface area contributed by atoms with Gasteiger partial charge in [-0.2, -0.15) is 0 Å². The van der Waals surface area contributed by atoms with E-state index in [0.717, 1.165) is 6.42 Å². The molecule has 0 saturated heterocycles. The first-order chi connectivity index (χ1) is 6.66. The third kappa shape index (κ3) is 1.62. The van der Waals surface area contributed by atoms with Crippen molar-refractivity contribution in [3.8, 4) is 0 Å². The third-order valence-electron chi connectivity index (χ3n) is 2.87. The number of aliphatic imine (C=N–C) groups is 1. The third-order valence-corrected chi connectivity index (χ3v) is 2.87. The van der Waals surface area contributed by atoms with Crippen molar-refractivity contribution in [2.45, 2.75) is 31.3 Å². The van der Waals surface area contributed by atoms with Crippen LogP contribution in [0.25, 0.3) is 0 Å². The molecule has 76 valence electrons. The second-order valence-electron chi connectivity index (χ2n) is 3.81. The van der Waals surface area contributed by atoms with Crippen LogP contribution in [0.15, 0.2) is 4.99 Å². The summed E-state index contributed by atoms with van der Waals surface area (Å²) in [7, 11) is 0. The van der Waals surface area contributed by atoms with E-state index in [0.29, 0.717) is 12.8 Å². The summed E-state index contributed by atoms with van der Waals surface area (Å²) in [4.78, 5) is 25.8. The number of nitrogens with one attached hydrogen (secondary N) is 1. The molecule has 0 bridgehead atoms. The second kappa shape index (κ2) is 3.40. The van der Waals surface area contributed by atoms with Crippen molar-refractivity contribution in [2.24, 2.45) is 10.9 Å². The van der Waals surface area contributed by atoms with Crippen LogP contribution in [0.5, 0.6) is 0 Å². The van der Waals surface area contributed by atoms with Crippen molar-refractivity contribution in [1.82, 2.24) is 5.32 Å². The second-order valence-corrected chi connectivity index (χ2v) is 3.81. The fourth-order valence-electron chi connectivity index (χ4n) is 2.10. The van der Waals surface area contributed by atoms with E-state index in [-0.39, 0.29) is 23.9 Å². The first-order valence-electron chi connectivity index (χ1n) is 4.73. The van der Waals surface area contributed by atoms with Gasteiger partial charge in [-0.1, -0.05) is 0 Å². The molecule has 5 heteroatoms. The van der Waals surface area contributed by atoms with Crippen LogP contribution in [0.3, 0.4) is 0 Å². The molecule has 2 N–H and O–H groups in total. The van der Waals surface area contributed by atoms with Crippen LogP contribution in [-0.4, -0.2) is 35.3 Å². The minimum absolute atomic E-state index is 0.0812. The average Bonchev–Trinajstić information content (AvgIpc) is 2.16. The minimum atomic E-state index is -0.771. The number of hydrogen-bond acceptors (Lipinski definition) is 3. The molecule has 0 aromatic heterocycles. The molecule has 0 spiro atoms. The quantitative estimate of drug-likeness (QED) is 0.610. The molecule has 5 nitrogen and oxygen atoms in total. The van der Waals surface area contributed by atoms with Crippen molar-refractivity contribution in [3.05, 3.63) is 0 Å². The van der Waals surface area contributed by atoms with Crippen molar-refractivity contribution in [1.29, 1.82) is 0 Å². The highest BCUT2D eigenvalue weighted by Crippen LogP contribution is 2.27. The number of rotatable bonds is 1. The van der Waals surface area contributed by atoms with Gasteiger partial charge in [-0.15, -0.1) is 0 Å². The Morgan fingerprint density at radius 3 is 3.07 bits per heavy atom. The predicted molar refractivity (Wildman–Crippen MR) is 49.2 cm³/mol. The fourth-order valence-corrected chi connectivity index (χ4v) is 2.10. The Labute approximate surface area is 81.2 Å². The van der Waals surface area contributed by atoms with Gasteiger partial charge < -0.3 is 10.4 Å². The summed E-state index contributed by atoms with van der Waals surface area (Å²) >= 11 is 0. The lowest BCUT2D eigenvalue weighted by atomic mass is 9.82. The van der Waals surface area contributed by atoms with Gasteiger partial charge >= 0.3 is 5.97 Å². The van der Waals surface area contributed by atoms with Crippen LogP contribution in [-0.2, 0) is 9.59 Å². The van der Waals surface area contributed by atoms with Gasteiger partial charge in [0, 0.05) is 0 Å². The monoisotopic (exact) mass is 196 g/mol. The SMILES string of the molecule is O=C1C=NC2CCC(C(=O)O)CC2N1. The molecule has 0 radical (unpaired) electrons. The number of carboxylic acids is 1. The molecule has 3 atom stereocenters.